The van der Waals surface area contributed by atoms with Gasteiger partial charge < -0.3 is 4.42 Å². The molecule has 1 aromatic heterocycles. The molecule has 2 heterocycles. The standard InChI is InChI=1S/C19H16N2O5S2/c1-3-10-21-18(23)15(17(22)20-19(21)27)11-13-6-9-16(26-13)12-4-7-14(8-5-12)28(2,24)25/h3-9,11H,1,10H2,2H3,(H,20,22,27)/b15-11+. The van der Waals surface area contributed by atoms with Gasteiger partial charge >= 0.3 is 0 Å². The van der Waals surface area contributed by atoms with E-state index in [1.807, 2.05) is 0 Å². The third kappa shape index (κ3) is 3.95. The van der Waals surface area contributed by atoms with E-state index in [1.165, 1.54) is 29.2 Å². The largest absolute Gasteiger partial charge is 0.457 e. The minimum Gasteiger partial charge on any atom is -0.457 e. The lowest BCUT2D eigenvalue weighted by molar-refractivity contribution is -0.128. The maximum absolute atomic E-state index is 12.5. The minimum absolute atomic E-state index is 0.0261. The molecular weight excluding hydrogens is 400 g/mol. The van der Waals surface area contributed by atoms with Crippen LogP contribution in [0.1, 0.15) is 5.76 Å². The molecule has 144 valence electrons. The molecule has 7 nitrogen and oxygen atoms in total. The normalized spacial score (nSPS) is 16.4. The van der Waals surface area contributed by atoms with Crippen molar-refractivity contribution in [3.63, 3.8) is 0 Å². The highest BCUT2D eigenvalue weighted by atomic mass is 32.2. The van der Waals surface area contributed by atoms with Crippen LogP contribution in [-0.2, 0) is 19.4 Å². The van der Waals surface area contributed by atoms with E-state index in [1.54, 1.807) is 24.3 Å². The van der Waals surface area contributed by atoms with E-state index in [0.717, 1.165) is 6.26 Å². The van der Waals surface area contributed by atoms with Crippen LogP contribution in [0, 0.1) is 0 Å². The van der Waals surface area contributed by atoms with Crippen LogP contribution in [0.2, 0.25) is 0 Å². The van der Waals surface area contributed by atoms with Crippen LogP contribution >= 0.6 is 12.2 Å². The van der Waals surface area contributed by atoms with Gasteiger partial charge in [-0.1, -0.05) is 6.08 Å². The highest BCUT2D eigenvalue weighted by molar-refractivity contribution is 7.90. The maximum Gasteiger partial charge on any atom is 0.266 e. The van der Waals surface area contributed by atoms with Crippen LogP contribution < -0.4 is 5.32 Å². The fourth-order valence-corrected chi connectivity index (χ4v) is 3.46. The van der Waals surface area contributed by atoms with Crippen LogP contribution in [0.4, 0.5) is 0 Å². The summed E-state index contributed by atoms with van der Waals surface area (Å²) in [5.41, 5.74) is 0.551. The Labute approximate surface area is 167 Å². The first kappa shape index (κ1) is 19.7. The maximum atomic E-state index is 12.5. The van der Waals surface area contributed by atoms with Crippen LogP contribution in [0.25, 0.3) is 17.4 Å². The number of hydrogen-bond donors (Lipinski definition) is 1. The second-order valence-electron chi connectivity index (χ2n) is 6.02. The zero-order valence-corrected chi connectivity index (χ0v) is 16.5. The van der Waals surface area contributed by atoms with E-state index in [0.29, 0.717) is 17.1 Å². The number of thiocarbonyl (C=S) groups is 1. The third-order valence-corrected chi connectivity index (χ3v) is 5.43. The predicted octanol–water partition coefficient (Wildman–Crippen LogP) is 2.16. The number of nitrogens with one attached hydrogen (secondary N) is 1. The molecule has 1 fully saturated rings. The van der Waals surface area contributed by atoms with Gasteiger partial charge in [0.05, 0.1) is 4.90 Å². The fourth-order valence-electron chi connectivity index (χ4n) is 2.58. The Morgan fingerprint density at radius 3 is 2.46 bits per heavy atom. The molecule has 0 bridgehead atoms. The molecule has 0 saturated carbocycles. The molecule has 0 radical (unpaired) electrons. The molecule has 2 amide bonds. The summed E-state index contributed by atoms with van der Waals surface area (Å²) in [6, 6.07) is 9.48. The lowest BCUT2D eigenvalue weighted by atomic mass is 10.1. The molecule has 0 atom stereocenters. The second kappa shape index (κ2) is 7.53. The Morgan fingerprint density at radius 1 is 1.18 bits per heavy atom. The highest BCUT2D eigenvalue weighted by Crippen LogP contribution is 2.25. The molecule has 2 aromatic rings. The SMILES string of the molecule is C=CCN1C(=O)/C(=C/c2ccc(-c3ccc(S(C)(=O)=O)cc3)o2)C(=O)NC1=S. The zero-order chi connectivity index (χ0) is 20.5. The molecule has 1 aliphatic rings. The number of benzene rings is 1. The van der Waals surface area contributed by atoms with E-state index in [-0.39, 0.29) is 22.1 Å². The summed E-state index contributed by atoms with van der Waals surface area (Å²) in [5, 5.41) is 2.48. The van der Waals surface area contributed by atoms with Gasteiger partial charge in [-0.15, -0.1) is 6.58 Å². The molecule has 28 heavy (non-hydrogen) atoms. The third-order valence-electron chi connectivity index (χ3n) is 3.98. The van der Waals surface area contributed by atoms with E-state index in [4.69, 9.17) is 16.6 Å². The lowest BCUT2D eigenvalue weighted by Gasteiger charge is -2.27. The summed E-state index contributed by atoms with van der Waals surface area (Å²) < 4.78 is 28.8. The first-order valence-electron chi connectivity index (χ1n) is 8.11. The van der Waals surface area contributed by atoms with Crippen molar-refractivity contribution >= 4 is 45.1 Å². The summed E-state index contributed by atoms with van der Waals surface area (Å²) in [6.07, 6.45) is 3.97. The molecule has 3 rings (SSSR count). The van der Waals surface area contributed by atoms with Crippen molar-refractivity contribution < 1.29 is 22.4 Å². The van der Waals surface area contributed by atoms with Crippen molar-refractivity contribution in [1.29, 1.82) is 0 Å². The summed E-state index contributed by atoms with van der Waals surface area (Å²) in [4.78, 5) is 26.1. The number of furan rings is 1. The number of nitrogens with zero attached hydrogens (tertiary/aromatic N) is 1. The number of sulfone groups is 1. The fraction of sp³-hybridized carbons (Fsp3) is 0.105. The van der Waals surface area contributed by atoms with Gasteiger partial charge in [0.15, 0.2) is 14.9 Å². The molecule has 1 saturated heterocycles. The van der Waals surface area contributed by atoms with Gasteiger partial charge in [-0.05, 0) is 54.7 Å². The molecule has 0 unspecified atom stereocenters. The number of carbonyl (C=O) groups is 2. The van der Waals surface area contributed by atoms with Crippen molar-refractivity contribution in [3.05, 3.63) is 60.4 Å². The topological polar surface area (TPSA) is 96.7 Å². The molecule has 1 aromatic carbocycles. The van der Waals surface area contributed by atoms with Gasteiger partial charge in [-0.2, -0.15) is 0 Å². The van der Waals surface area contributed by atoms with Crippen LogP contribution in [0.15, 0.2) is 63.9 Å². The summed E-state index contributed by atoms with van der Waals surface area (Å²) in [6.45, 7) is 3.74. The Morgan fingerprint density at radius 2 is 1.86 bits per heavy atom. The Balaban J connectivity index is 1.89. The first-order valence-corrected chi connectivity index (χ1v) is 10.4. The van der Waals surface area contributed by atoms with Crippen molar-refractivity contribution in [2.24, 2.45) is 0 Å². The monoisotopic (exact) mass is 416 g/mol. The van der Waals surface area contributed by atoms with E-state index in [2.05, 4.69) is 11.9 Å². The predicted molar refractivity (Wildman–Crippen MR) is 108 cm³/mol. The van der Waals surface area contributed by atoms with Crippen LogP contribution in [-0.4, -0.2) is 43.0 Å². The summed E-state index contributed by atoms with van der Waals surface area (Å²) in [5.74, 6) is -0.379. The van der Waals surface area contributed by atoms with E-state index in [9.17, 15) is 18.0 Å². The molecule has 0 spiro atoms. The quantitative estimate of drug-likeness (QED) is 0.347. The Kier molecular flexibility index (Phi) is 5.30. The van der Waals surface area contributed by atoms with Crippen molar-refractivity contribution in [2.75, 3.05) is 12.8 Å². The minimum atomic E-state index is -3.29. The van der Waals surface area contributed by atoms with Crippen LogP contribution in [0.5, 0.6) is 0 Å². The average Bonchev–Trinajstić information content (AvgIpc) is 3.10. The van der Waals surface area contributed by atoms with Crippen LogP contribution in [0.3, 0.4) is 0 Å². The molecule has 1 aliphatic heterocycles. The first-order chi connectivity index (χ1) is 13.2. The number of amides is 2. The highest BCUT2D eigenvalue weighted by Gasteiger charge is 2.32. The smallest absolute Gasteiger partial charge is 0.266 e. The molecule has 0 aliphatic carbocycles. The van der Waals surface area contributed by atoms with Gasteiger partial charge in [0.25, 0.3) is 11.8 Å². The lowest BCUT2D eigenvalue weighted by Crippen LogP contribution is -2.53. The van der Waals surface area contributed by atoms with Gasteiger partial charge in [0.1, 0.15) is 17.1 Å². The number of carbonyl (C=O) groups excluding carboxylic acids is 2. The van der Waals surface area contributed by atoms with Crippen molar-refractivity contribution in [2.45, 2.75) is 4.90 Å². The Hall–Kier alpha value is -3.04. The van der Waals surface area contributed by atoms with Crippen molar-refractivity contribution in [3.8, 4) is 11.3 Å². The average molecular weight is 416 g/mol. The van der Waals surface area contributed by atoms with Crippen molar-refractivity contribution in [1.82, 2.24) is 10.2 Å². The van der Waals surface area contributed by atoms with Gasteiger partial charge in [-0.25, -0.2) is 8.42 Å². The van der Waals surface area contributed by atoms with Gasteiger partial charge in [0.2, 0.25) is 0 Å². The van der Waals surface area contributed by atoms with E-state index < -0.39 is 21.7 Å². The number of rotatable bonds is 5. The second-order valence-corrected chi connectivity index (χ2v) is 8.42. The van der Waals surface area contributed by atoms with Gasteiger partial charge in [0, 0.05) is 18.4 Å². The number of hydrogen-bond acceptors (Lipinski definition) is 6. The molecular formula is C19H16N2O5S2. The Bertz CT molecular complexity index is 1110. The summed E-state index contributed by atoms with van der Waals surface area (Å²) >= 11 is 5.00. The molecule has 9 heteroatoms. The molecule has 1 N–H and O–H groups in total. The summed E-state index contributed by atoms with van der Waals surface area (Å²) in [7, 11) is -3.29. The zero-order valence-electron chi connectivity index (χ0n) is 14.8. The van der Waals surface area contributed by atoms with E-state index >= 15 is 0 Å². The van der Waals surface area contributed by atoms with Gasteiger partial charge in [-0.3, -0.25) is 19.8 Å².